The summed E-state index contributed by atoms with van der Waals surface area (Å²) in [6.07, 6.45) is 4.46. The first-order valence-electron chi connectivity index (χ1n) is 7.69. The summed E-state index contributed by atoms with van der Waals surface area (Å²) >= 11 is 0. The third-order valence-electron chi connectivity index (χ3n) is 3.89. The van der Waals surface area contributed by atoms with Gasteiger partial charge in [0.05, 0.1) is 17.4 Å². The van der Waals surface area contributed by atoms with E-state index >= 15 is 0 Å². The van der Waals surface area contributed by atoms with Gasteiger partial charge in [0.15, 0.2) is 0 Å². The highest BCUT2D eigenvalue weighted by Gasteiger charge is 2.27. The van der Waals surface area contributed by atoms with Gasteiger partial charge in [0, 0.05) is 24.0 Å². The molecule has 1 amide bonds. The van der Waals surface area contributed by atoms with Crippen LogP contribution in [0, 0.1) is 0 Å². The minimum Gasteiger partial charge on any atom is -0.350 e. The van der Waals surface area contributed by atoms with Gasteiger partial charge in [-0.05, 0) is 44.9 Å². The van der Waals surface area contributed by atoms with E-state index in [1.54, 1.807) is 6.20 Å². The summed E-state index contributed by atoms with van der Waals surface area (Å²) in [5.74, 6) is -0.0792. The second kappa shape index (κ2) is 5.79. The predicted molar refractivity (Wildman–Crippen MR) is 88.6 cm³/mol. The fraction of sp³-hybridized carbons (Fsp3) is 0.333. The summed E-state index contributed by atoms with van der Waals surface area (Å²) in [7, 11) is 0. The lowest BCUT2D eigenvalue weighted by molar-refractivity contribution is 0.0943. The molecule has 4 heteroatoms. The molecule has 0 spiro atoms. The largest absolute Gasteiger partial charge is 0.350 e. The summed E-state index contributed by atoms with van der Waals surface area (Å²) in [5.41, 5.74) is 4.11. The number of pyridine rings is 1. The van der Waals surface area contributed by atoms with Crippen molar-refractivity contribution in [1.82, 2.24) is 10.3 Å². The molecule has 22 heavy (non-hydrogen) atoms. The number of nitrogens with one attached hydrogen (secondary N) is 1. The van der Waals surface area contributed by atoms with Gasteiger partial charge in [-0.15, -0.1) is 0 Å². The number of carbonyl (C=O) groups excluding carboxylic acids is 1. The van der Waals surface area contributed by atoms with Crippen molar-refractivity contribution in [2.24, 2.45) is 0 Å². The van der Waals surface area contributed by atoms with E-state index in [0.29, 0.717) is 11.6 Å². The number of anilines is 2. The molecule has 1 aromatic carbocycles. The van der Waals surface area contributed by atoms with Crippen molar-refractivity contribution in [2.45, 2.75) is 39.3 Å². The molecule has 1 aliphatic rings. The summed E-state index contributed by atoms with van der Waals surface area (Å²) in [6.45, 7) is 6.10. The van der Waals surface area contributed by atoms with Crippen LogP contribution in [0.1, 0.15) is 36.7 Å². The number of carbonyl (C=O) groups is 1. The van der Waals surface area contributed by atoms with Crippen molar-refractivity contribution in [1.29, 1.82) is 0 Å². The SMILES string of the molecule is CC(C)NC(=O)c1cncc(N2c3ccccc3CC2C)c1. The Balaban J connectivity index is 1.94. The lowest BCUT2D eigenvalue weighted by Gasteiger charge is -2.25. The van der Waals surface area contributed by atoms with Crippen molar-refractivity contribution in [2.75, 3.05) is 4.90 Å². The fourth-order valence-electron chi connectivity index (χ4n) is 2.99. The van der Waals surface area contributed by atoms with Gasteiger partial charge in [0.2, 0.25) is 0 Å². The molecule has 0 aliphatic carbocycles. The van der Waals surface area contributed by atoms with Gasteiger partial charge in [0.25, 0.3) is 5.91 Å². The third kappa shape index (κ3) is 2.69. The smallest absolute Gasteiger partial charge is 0.253 e. The number of hydrogen-bond acceptors (Lipinski definition) is 3. The molecule has 1 aliphatic heterocycles. The van der Waals surface area contributed by atoms with E-state index in [-0.39, 0.29) is 11.9 Å². The van der Waals surface area contributed by atoms with Crippen LogP contribution in [0.5, 0.6) is 0 Å². The van der Waals surface area contributed by atoms with Crippen LogP contribution in [0.2, 0.25) is 0 Å². The molecule has 1 aromatic heterocycles. The van der Waals surface area contributed by atoms with Gasteiger partial charge >= 0.3 is 0 Å². The molecule has 0 fully saturated rings. The van der Waals surface area contributed by atoms with E-state index in [9.17, 15) is 4.79 Å². The first-order chi connectivity index (χ1) is 10.6. The molecular formula is C18H21N3O. The van der Waals surface area contributed by atoms with Crippen LogP contribution in [0.4, 0.5) is 11.4 Å². The van der Waals surface area contributed by atoms with Crippen LogP contribution in [0.15, 0.2) is 42.7 Å². The monoisotopic (exact) mass is 295 g/mol. The summed E-state index contributed by atoms with van der Waals surface area (Å²) < 4.78 is 0. The average Bonchev–Trinajstić information content (AvgIpc) is 2.82. The number of amides is 1. The van der Waals surface area contributed by atoms with Crippen LogP contribution in [0.3, 0.4) is 0 Å². The quantitative estimate of drug-likeness (QED) is 0.945. The molecule has 0 radical (unpaired) electrons. The Morgan fingerprint density at radius 1 is 1.32 bits per heavy atom. The highest BCUT2D eigenvalue weighted by atomic mass is 16.1. The first kappa shape index (κ1) is 14.6. The van der Waals surface area contributed by atoms with Crippen LogP contribution >= 0.6 is 0 Å². The van der Waals surface area contributed by atoms with Crippen LogP contribution in [-0.4, -0.2) is 23.0 Å². The maximum absolute atomic E-state index is 12.2. The molecular weight excluding hydrogens is 274 g/mol. The topological polar surface area (TPSA) is 45.2 Å². The Morgan fingerprint density at radius 2 is 2.09 bits per heavy atom. The Morgan fingerprint density at radius 3 is 2.86 bits per heavy atom. The third-order valence-corrected chi connectivity index (χ3v) is 3.89. The van der Waals surface area contributed by atoms with Gasteiger partial charge < -0.3 is 10.2 Å². The number of aromatic nitrogens is 1. The van der Waals surface area contributed by atoms with Gasteiger partial charge in [-0.1, -0.05) is 18.2 Å². The molecule has 1 atom stereocenters. The van der Waals surface area contributed by atoms with Crippen LogP contribution < -0.4 is 10.2 Å². The van der Waals surface area contributed by atoms with Gasteiger partial charge in [-0.3, -0.25) is 9.78 Å². The maximum atomic E-state index is 12.2. The molecule has 114 valence electrons. The molecule has 0 saturated heterocycles. The van der Waals surface area contributed by atoms with Crippen molar-refractivity contribution >= 4 is 17.3 Å². The second-order valence-corrected chi connectivity index (χ2v) is 6.11. The number of nitrogens with zero attached hydrogens (tertiary/aromatic N) is 2. The molecule has 1 N–H and O–H groups in total. The molecule has 3 rings (SSSR count). The van der Waals surface area contributed by atoms with E-state index in [4.69, 9.17) is 0 Å². The summed E-state index contributed by atoms with van der Waals surface area (Å²) in [4.78, 5) is 18.7. The second-order valence-electron chi connectivity index (χ2n) is 6.11. The predicted octanol–water partition coefficient (Wildman–Crippen LogP) is 3.30. The standard InChI is InChI=1S/C18H21N3O/c1-12(2)20-18(22)15-9-16(11-19-10-15)21-13(3)8-14-6-4-5-7-17(14)21/h4-7,9-13H,8H2,1-3H3,(H,20,22). The van der Waals surface area contributed by atoms with E-state index in [2.05, 4.69) is 40.3 Å². The zero-order valence-corrected chi connectivity index (χ0v) is 13.2. The van der Waals surface area contributed by atoms with Gasteiger partial charge in [-0.25, -0.2) is 0 Å². The van der Waals surface area contributed by atoms with E-state index < -0.39 is 0 Å². The van der Waals surface area contributed by atoms with E-state index in [1.807, 2.05) is 32.2 Å². The Bertz CT molecular complexity index is 696. The minimum atomic E-state index is -0.0792. The van der Waals surface area contributed by atoms with E-state index in [1.165, 1.54) is 11.3 Å². The first-order valence-corrected chi connectivity index (χ1v) is 7.69. The molecule has 4 nitrogen and oxygen atoms in total. The van der Waals surface area contributed by atoms with Crippen molar-refractivity contribution < 1.29 is 4.79 Å². The van der Waals surface area contributed by atoms with Crippen molar-refractivity contribution in [3.63, 3.8) is 0 Å². The number of hydrogen-bond donors (Lipinski definition) is 1. The highest BCUT2D eigenvalue weighted by molar-refractivity contribution is 5.95. The Labute approximate surface area is 131 Å². The zero-order chi connectivity index (χ0) is 15.7. The highest BCUT2D eigenvalue weighted by Crippen LogP contribution is 2.37. The summed E-state index contributed by atoms with van der Waals surface area (Å²) in [6, 6.07) is 10.8. The van der Waals surface area contributed by atoms with Crippen LogP contribution in [0.25, 0.3) is 0 Å². The molecule has 2 aromatic rings. The molecule has 0 saturated carbocycles. The summed E-state index contributed by atoms with van der Waals surface area (Å²) in [5, 5.41) is 2.91. The Kier molecular flexibility index (Phi) is 3.84. The van der Waals surface area contributed by atoms with Crippen LogP contribution in [-0.2, 0) is 6.42 Å². The molecule has 2 heterocycles. The van der Waals surface area contributed by atoms with Gasteiger partial charge in [0.1, 0.15) is 0 Å². The average molecular weight is 295 g/mol. The number of para-hydroxylation sites is 1. The number of fused-ring (bicyclic) bond motifs is 1. The fourth-order valence-corrected chi connectivity index (χ4v) is 2.99. The lowest BCUT2D eigenvalue weighted by Crippen LogP contribution is -2.30. The van der Waals surface area contributed by atoms with Crippen molar-refractivity contribution in [3.8, 4) is 0 Å². The lowest BCUT2D eigenvalue weighted by atomic mass is 10.1. The Hall–Kier alpha value is -2.36. The minimum absolute atomic E-state index is 0.0792. The molecule has 0 bridgehead atoms. The molecule has 1 unspecified atom stereocenters. The maximum Gasteiger partial charge on any atom is 0.253 e. The van der Waals surface area contributed by atoms with E-state index in [0.717, 1.165) is 12.1 Å². The van der Waals surface area contributed by atoms with Gasteiger partial charge in [-0.2, -0.15) is 0 Å². The zero-order valence-electron chi connectivity index (χ0n) is 13.2. The number of rotatable bonds is 3. The number of benzene rings is 1. The van der Waals surface area contributed by atoms with Crippen molar-refractivity contribution in [3.05, 3.63) is 53.9 Å². The normalized spacial score (nSPS) is 16.7.